The zero-order valence-electron chi connectivity index (χ0n) is 14.2. The van der Waals surface area contributed by atoms with Crippen LogP contribution in [0.15, 0.2) is 5.38 Å². The Hall–Kier alpha value is -0.450. The maximum absolute atomic E-state index is 5.20. The number of ether oxygens (including phenoxy) is 1. The van der Waals surface area contributed by atoms with Crippen LogP contribution in [0.3, 0.4) is 0 Å². The Morgan fingerprint density at radius 1 is 1.33 bits per heavy atom. The first-order valence-corrected chi connectivity index (χ1v) is 8.93. The van der Waals surface area contributed by atoms with Crippen molar-refractivity contribution >= 4 is 11.3 Å². The van der Waals surface area contributed by atoms with Crippen molar-refractivity contribution in [3.8, 4) is 0 Å². The minimum absolute atomic E-state index is 0.0161. The van der Waals surface area contributed by atoms with E-state index in [0.29, 0.717) is 0 Å². The van der Waals surface area contributed by atoms with Gasteiger partial charge in [0.1, 0.15) is 5.01 Å². The lowest BCUT2D eigenvalue weighted by atomic mass is 9.76. The molecule has 0 aromatic carbocycles. The molecule has 0 saturated heterocycles. The summed E-state index contributed by atoms with van der Waals surface area (Å²) in [7, 11) is 1.76. The van der Waals surface area contributed by atoms with E-state index in [1.807, 2.05) is 0 Å². The molecule has 0 spiro atoms. The number of rotatable bonds is 7. The summed E-state index contributed by atoms with van der Waals surface area (Å²) in [4.78, 5) is 4.96. The molecule has 1 aliphatic carbocycles. The van der Waals surface area contributed by atoms with Gasteiger partial charge in [-0.25, -0.2) is 4.98 Å². The molecule has 1 saturated carbocycles. The highest BCUT2D eigenvalue weighted by atomic mass is 32.1. The van der Waals surface area contributed by atoms with Gasteiger partial charge in [0.15, 0.2) is 0 Å². The predicted octanol–water partition coefficient (Wildman–Crippen LogP) is 4.08. The van der Waals surface area contributed by atoms with E-state index in [2.05, 4.69) is 38.4 Å². The molecule has 1 unspecified atom stereocenters. The molecule has 1 fully saturated rings. The van der Waals surface area contributed by atoms with Crippen LogP contribution < -0.4 is 5.32 Å². The van der Waals surface area contributed by atoms with Gasteiger partial charge in [0.05, 0.1) is 17.8 Å². The topological polar surface area (TPSA) is 34.1 Å². The Balaban J connectivity index is 2.14. The molecule has 1 N–H and O–H groups in total. The van der Waals surface area contributed by atoms with Crippen molar-refractivity contribution in [1.82, 2.24) is 10.3 Å². The zero-order valence-corrected chi connectivity index (χ0v) is 15.0. The lowest BCUT2D eigenvalue weighted by Crippen LogP contribution is -2.43. The van der Waals surface area contributed by atoms with Crippen LogP contribution in [0.4, 0.5) is 0 Å². The fourth-order valence-corrected chi connectivity index (χ4v) is 4.01. The van der Waals surface area contributed by atoms with Crippen LogP contribution in [0, 0.1) is 5.92 Å². The van der Waals surface area contributed by atoms with E-state index >= 15 is 0 Å². The van der Waals surface area contributed by atoms with Gasteiger partial charge < -0.3 is 10.1 Å². The molecule has 1 aromatic rings. The van der Waals surface area contributed by atoms with Crippen molar-refractivity contribution in [1.29, 1.82) is 0 Å². The van der Waals surface area contributed by atoms with Crippen LogP contribution in [-0.2, 0) is 15.7 Å². The fourth-order valence-electron chi connectivity index (χ4n) is 2.81. The number of thiazole rings is 1. The molecule has 3 nitrogen and oxygen atoms in total. The lowest BCUT2D eigenvalue weighted by molar-refractivity contribution is 0.163. The third-order valence-corrected chi connectivity index (χ3v) is 5.59. The molecular formula is C17H30N2OS. The summed E-state index contributed by atoms with van der Waals surface area (Å²) >= 11 is 1.80. The molecule has 1 atom stereocenters. The molecule has 2 rings (SSSR count). The van der Waals surface area contributed by atoms with Crippen LogP contribution in [0.5, 0.6) is 0 Å². The summed E-state index contributed by atoms with van der Waals surface area (Å²) in [5.74, 6) is 0.854. The Bertz CT molecular complexity index is 448. The fraction of sp³-hybridized carbons (Fsp3) is 0.824. The van der Waals surface area contributed by atoms with Crippen molar-refractivity contribution in [2.45, 2.75) is 64.3 Å². The molecule has 0 bridgehead atoms. The molecule has 21 heavy (non-hydrogen) atoms. The predicted molar refractivity (Wildman–Crippen MR) is 90.0 cm³/mol. The van der Waals surface area contributed by atoms with E-state index in [4.69, 9.17) is 9.72 Å². The SMILES string of the molecule is COCCNC(C)(CC1CCC1)c1nc(C(C)(C)C)cs1. The van der Waals surface area contributed by atoms with Crippen LogP contribution >= 0.6 is 11.3 Å². The first-order valence-electron chi connectivity index (χ1n) is 8.05. The summed E-state index contributed by atoms with van der Waals surface area (Å²) in [5, 5.41) is 7.16. The number of nitrogens with one attached hydrogen (secondary N) is 1. The number of hydrogen-bond donors (Lipinski definition) is 1. The third kappa shape index (κ3) is 4.27. The van der Waals surface area contributed by atoms with Gasteiger partial charge in [0, 0.05) is 24.4 Å². The van der Waals surface area contributed by atoms with E-state index < -0.39 is 0 Å². The highest BCUT2D eigenvalue weighted by Crippen LogP contribution is 2.39. The van der Waals surface area contributed by atoms with Gasteiger partial charge in [-0.1, -0.05) is 40.0 Å². The van der Waals surface area contributed by atoms with Crippen molar-refractivity contribution in [2.24, 2.45) is 5.92 Å². The van der Waals surface area contributed by atoms with Crippen LogP contribution in [0.1, 0.15) is 64.1 Å². The van der Waals surface area contributed by atoms with Crippen LogP contribution in [-0.4, -0.2) is 25.2 Å². The van der Waals surface area contributed by atoms with Crippen molar-refractivity contribution in [3.63, 3.8) is 0 Å². The molecule has 1 aromatic heterocycles. The second-order valence-electron chi connectivity index (χ2n) is 7.54. The van der Waals surface area contributed by atoms with Gasteiger partial charge in [-0.3, -0.25) is 0 Å². The quantitative estimate of drug-likeness (QED) is 0.771. The molecule has 0 aliphatic heterocycles. The van der Waals surface area contributed by atoms with Gasteiger partial charge in [0.2, 0.25) is 0 Å². The molecule has 1 heterocycles. The zero-order chi connectivity index (χ0) is 15.5. The smallest absolute Gasteiger partial charge is 0.113 e. The number of nitrogens with zero attached hydrogens (tertiary/aromatic N) is 1. The van der Waals surface area contributed by atoms with E-state index in [9.17, 15) is 0 Å². The van der Waals surface area contributed by atoms with E-state index in [1.54, 1.807) is 18.4 Å². The van der Waals surface area contributed by atoms with Gasteiger partial charge in [-0.15, -0.1) is 11.3 Å². The maximum Gasteiger partial charge on any atom is 0.113 e. The van der Waals surface area contributed by atoms with Gasteiger partial charge in [0.25, 0.3) is 0 Å². The minimum Gasteiger partial charge on any atom is -0.383 e. The highest BCUT2D eigenvalue weighted by Gasteiger charge is 2.35. The third-order valence-electron chi connectivity index (χ3n) is 4.49. The standard InChI is InChI=1S/C17H30N2OS/c1-16(2,3)14-12-21-15(19-14)17(4,18-9-10-20-5)11-13-7-6-8-13/h12-13,18H,6-11H2,1-5H3. The summed E-state index contributed by atoms with van der Waals surface area (Å²) in [6.45, 7) is 10.6. The average Bonchev–Trinajstić information content (AvgIpc) is 2.84. The first-order chi connectivity index (χ1) is 9.85. The Labute approximate surface area is 133 Å². The minimum atomic E-state index is -0.0161. The Kier molecular flexibility index (Phi) is 5.44. The summed E-state index contributed by atoms with van der Waals surface area (Å²) < 4.78 is 5.20. The van der Waals surface area contributed by atoms with Gasteiger partial charge in [-0.05, 0) is 19.3 Å². The molecular weight excluding hydrogens is 280 g/mol. The van der Waals surface area contributed by atoms with Crippen LogP contribution in [0.2, 0.25) is 0 Å². The van der Waals surface area contributed by atoms with E-state index in [0.717, 1.165) is 19.1 Å². The Morgan fingerprint density at radius 2 is 2.05 bits per heavy atom. The number of aromatic nitrogens is 1. The molecule has 1 aliphatic rings. The second-order valence-corrected chi connectivity index (χ2v) is 8.40. The van der Waals surface area contributed by atoms with Crippen LogP contribution in [0.25, 0.3) is 0 Å². The largest absolute Gasteiger partial charge is 0.383 e. The summed E-state index contributed by atoms with van der Waals surface area (Å²) in [6, 6.07) is 0. The van der Waals surface area contributed by atoms with Crippen molar-refractivity contribution in [3.05, 3.63) is 16.1 Å². The lowest BCUT2D eigenvalue weighted by Gasteiger charge is -2.36. The van der Waals surface area contributed by atoms with Crippen molar-refractivity contribution < 1.29 is 4.74 Å². The first kappa shape index (κ1) is 16.9. The molecule has 4 heteroatoms. The van der Waals surface area contributed by atoms with Gasteiger partial charge >= 0.3 is 0 Å². The Morgan fingerprint density at radius 3 is 2.52 bits per heavy atom. The second kappa shape index (κ2) is 6.76. The van der Waals surface area contributed by atoms with Gasteiger partial charge in [-0.2, -0.15) is 0 Å². The van der Waals surface area contributed by atoms with E-state index in [1.165, 1.54) is 36.4 Å². The normalized spacial score (nSPS) is 19.3. The summed E-state index contributed by atoms with van der Waals surface area (Å²) in [5.41, 5.74) is 1.31. The average molecular weight is 311 g/mol. The molecule has 0 radical (unpaired) electrons. The monoisotopic (exact) mass is 310 g/mol. The highest BCUT2D eigenvalue weighted by molar-refractivity contribution is 7.09. The van der Waals surface area contributed by atoms with E-state index in [-0.39, 0.29) is 11.0 Å². The molecule has 0 amide bonds. The number of hydrogen-bond acceptors (Lipinski definition) is 4. The maximum atomic E-state index is 5.20. The van der Waals surface area contributed by atoms with Crippen molar-refractivity contribution in [2.75, 3.05) is 20.3 Å². The summed E-state index contributed by atoms with van der Waals surface area (Å²) in [6.07, 6.45) is 5.33. The number of methoxy groups -OCH3 is 1. The molecule has 120 valence electrons.